The Hall–Kier alpha value is -4.35. The van der Waals surface area contributed by atoms with Gasteiger partial charge in [0, 0.05) is 36.2 Å². The summed E-state index contributed by atoms with van der Waals surface area (Å²) in [6.45, 7) is 1.24. The van der Waals surface area contributed by atoms with Crippen LogP contribution in [0.3, 0.4) is 0 Å². The van der Waals surface area contributed by atoms with E-state index in [0.717, 1.165) is 28.3 Å². The molecule has 4 aromatic rings. The Morgan fingerprint density at radius 2 is 1.95 bits per heavy atom. The maximum absolute atomic E-state index is 13.4. The first-order valence-corrected chi connectivity index (χ1v) is 14.2. The van der Waals surface area contributed by atoms with E-state index in [-0.39, 0.29) is 24.0 Å². The van der Waals surface area contributed by atoms with Gasteiger partial charge in [-0.05, 0) is 59.2 Å². The molecule has 0 aliphatic carbocycles. The molecule has 0 spiro atoms. The van der Waals surface area contributed by atoms with Crippen LogP contribution in [0.2, 0.25) is 0 Å². The minimum atomic E-state index is -2.18. The van der Waals surface area contributed by atoms with Gasteiger partial charge in [0.05, 0.1) is 5.69 Å². The highest BCUT2D eigenvalue weighted by atomic mass is 32.2. The molecule has 4 heterocycles. The first kappa shape index (κ1) is 24.7. The van der Waals surface area contributed by atoms with Crippen molar-refractivity contribution in [2.45, 2.75) is 31.1 Å². The smallest absolute Gasteiger partial charge is 0.298 e. The molecule has 0 saturated carbocycles. The molecule has 10 nitrogen and oxygen atoms in total. The molecule has 3 aromatic carbocycles. The number of benzene rings is 3. The Morgan fingerprint density at radius 3 is 2.73 bits per heavy atom. The molecule has 0 radical (unpaired) electrons. The van der Waals surface area contributed by atoms with Gasteiger partial charge >= 0.3 is 0 Å². The van der Waals surface area contributed by atoms with Crippen molar-refractivity contribution in [1.29, 1.82) is 0 Å². The second-order valence-corrected chi connectivity index (χ2v) is 11.1. The number of nitrogens with one attached hydrogen (secondary N) is 1. The highest BCUT2D eigenvalue weighted by Crippen LogP contribution is 2.43. The highest BCUT2D eigenvalue weighted by molar-refractivity contribution is 7.78. The monoisotopic (exact) mass is 555 g/mol. The minimum Gasteiger partial charge on any atom is -0.772 e. The van der Waals surface area contributed by atoms with Crippen LogP contribution in [0.4, 0.5) is 11.7 Å². The number of carbonyl (C=O) groups excluding carboxylic acids is 3. The van der Waals surface area contributed by atoms with Crippen LogP contribution in [0, 0.1) is 0 Å². The molecule has 202 valence electrons. The van der Waals surface area contributed by atoms with Gasteiger partial charge in [0.25, 0.3) is 11.9 Å². The van der Waals surface area contributed by atoms with Gasteiger partial charge in [-0.1, -0.05) is 41.4 Å². The number of imide groups is 1. The van der Waals surface area contributed by atoms with Crippen molar-refractivity contribution in [2.75, 3.05) is 22.9 Å². The van der Waals surface area contributed by atoms with Gasteiger partial charge < -0.3 is 13.9 Å². The van der Waals surface area contributed by atoms with Crippen molar-refractivity contribution >= 4 is 67.9 Å². The quantitative estimate of drug-likeness (QED) is 0.292. The Bertz CT molecular complexity index is 1810. The lowest BCUT2D eigenvalue weighted by atomic mass is 9.92. The maximum atomic E-state index is 13.4. The Kier molecular flexibility index (Phi) is 5.79. The summed E-state index contributed by atoms with van der Waals surface area (Å²) in [6.07, 6.45) is 3.35. The Balaban J connectivity index is 1.18. The number of rotatable bonds is 5. The molecule has 3 aliphatic rings. The second kappa shape index (κ2) is 9.39. The number of hydrogen-bond acceptors (Lipinski definition) is 8. The fourth-order valence-corrected chi connectivity index (χ4v) is 6.38. The summed E-state index contributed by atoms with van der Waals surface area (Å²) < 4.78 is 28.1. The van der Waals surface area contributed by atoms with Crippen molar-refractivity contribution in [3.8, 4) is 0 Å². The Labute approximate surface area is 230 Å². The van der Waals surface area contributed by atoms with E-state index >= 15 is 0 Å². The molecule has 11 heteroatoms. The molecule has 1 fully saturated rings. The zero-order chi connectivity index (χ0) is 27.5. The first-order chi connectivity index (χ1) is 19.4. The summed E-state index contributed by atoms with van der Waals surface area (Å²) >= 11 is -2.18. The molecule has 1 aromatic heterocycles. The van der Waals surface area contributed by atoms with E-state index in [4.69, 9.17) is 4.42 Å². The third-order valence-corrected chi connectivity index (χ3v) is 8.37. The molecular weight excluding hydrogens is 532 g/mol. The van der Waals surface area contributed by atoms with Crippen LogP contribution in [0.25, 0.3) is 27.4 Å². The summed E-state index contributed by atoms with van der Waals surface area (Å²) in [5.41, 5.74) is 5.29. The van der Waals surface area contributed by atoms with Gasteiger partial charge in [-0.3, -0.25) is 28.8 Å². The van der Waals surface area contributed by atoms with Crippen LogP contribution in [0.1, 0.15) is 40.7 Å². The van der Waals surface area contributed by atoms with Gasteiger partial charge in [0.1, 0.15) is 11.6 Å². The fraction of sp³-hybridized carbons (Fsp3) is 0.241. The van der Waals surface area contributed by atoms with E-state index in [9.17, 15) is 23.1 Å². The fourth-order valence-electron chi connectivity index (χ4n) is 5.93. The van der Waals surface area contributed by atoms with E-state index in [2.05, 4.69) is 16.4 Å². The van der Waals surface area contributed by atoms with Gasteiger partial charge in [-0.15, -0.1) is 0 Å². The number of piperidine rings is 1. The van der Waals surface area contributed by atoms with Crippen molar-refractivity contribution in [3.05, 3.63) is 71.3 Å². The molecule has 1 saturated heterocycles. The van der Waals surface area contributed by atoms with Crippen LogP contribution in [0.15, 0.2) is 59.0 Å². The van der Waals surface area contributed by atoms with Crippen molar-refractivity contribution in [1.82, 2.24) is 10.3 Å². The molecule has 2 unspecified atom stereocenters. The number of hydrogen-bond donors (Lipinski definition) is 1. The van der Waals surface area contributed by atoms with Crippen LogP contribution in [0.5, 0.6) is 0 Å². The predicted octanol–water partition coefficient (Wildman–Crippen LogP) is 3.42. The van der Waals surface area contributed by atoms with E-state index in [1.165, 1.54) is 4.90 Å². The van der Waals surface area contributed by atoms with Crippen LogP contribution in [-0.4, -0.2) is 50.6 Å². The number of nitrogens with zero attached hydrogens (tertiary/aromatic N) is 3. The average molecular weight is 556 g/mol. The molecular formula is C29H23N4O6S-. The molecule has 0 bridgehead atoms. The summed E-state index contributed by atoms with van der Waals surface area (Å²) in [7, 11) is 0. The van der Waals surface area contributed by atoms with Gasteiger partial charge in [0.15, 0.2) is 5.58 Å². The van der Waals surface area contributed by atoms with E-state index < -0.39 is 23.0 Å². The van der Waals surface area contributed by atoms with Crippen LogP contribution >= 0.6 is 0 Å². The van der Waals surface area contributed by atoms with Gasteiger partial charge in [-0.2, -0.15) is 4.98 Å². The molecule has 1 N–H and O–H groups in total. The number of amides is 3. The third kappa shape index (κ3) is 4.00. The van der Waals surface area contributed by atoms with Crippen molar-refractivity contribution in [3.63, 3.8) is 0 Å². The van der Waals surface area contributed by atoms with Crippen LogP contribution in [-0.2, 0) is 26.4 Å². The lowest BCUT2D eigenvalue weighted by Gasteiger charge is -2.30. The lowest BCUT2D eigenvalue weighted by molar-refractivity contribution is -0.134. The topological polar surface area (TPSA) is 136 Å². The number of aromatic nitrogens is 1. The molecule has 2 atom stereocenters. The summed E-state index contributed by atoms with van der Waals surface area (Å²) in [4.78, 5) is 45.9. The van der Waals surface area contributed by atoms with Crippen LogP contribution < -0.4 is 15.1 Å². The number of fused-ring (bicyclic) bond motifs is 1. The Morgan fingerprint density at radius 1 is 1.07 bits per heavy atom. The summed E-state index contributed by atoms with van der Waals surface area (Å²) in [5, 5.41) is 4.13. The molecule has 3 amide bonds. The van der Waals surface area contributed by atoms with Gasteiger partial charge in [0.2, 0.25) is 11.8 Å². The predicted molar refractivity (Wildman–Crippen MR) is 148 cm³/mol. The van der Waals surface area contributed by atoms with E-state index in [0.29, 0.717) is 53.4 Å². The summed E-state index contributed by atoms with van der Waals surface area (Å²) in [6, 6.07) is 14.5. The molecule has 3 aliphatic heterocycles. The van der Waals surface area contributed by atoms with E-state index in [1.54, 1.807) is 24.3 Å². The van der Waals surface area contributed by atoms with E-state index in [1.807, 2.05) is 29.2 Å². The standard InChI is InChI=1S/C29H24N4O6S/c34-25-9-8-23(27(35)31-25)33-22-7-5-18(19-2-1-3-20(26(19)22)28(33)36)17-10-12-32(13-11-17)29-30-21-6-4-16(15-40(37)38)14-24(21)39-29/h1-7,10,14,23H,8-9,11-13,15H2,(H,37,38)(H,31,34,35)/p-1. The second-order valence-electron chi connectivity index (χ2n) is 10.2. The van der Waals surface area contributed by atoms with Crippen molar-refractivity contribution < 1.29 is 27.6 Å². The number of oxazole rings is 1. The largest absolute Gasteiger partial charge is 0.772 e. The zero-order valence-electron chi connectivity index (χ0n) is 21.2. The normalized spacial score (nSPS) is 19.9. The minimum absolute atomic E-state index is 0.0763. The van der Waals surface area contributed by atoms with Crippen molar-refractivity contribution in [2.24, 2.45) is 0 Å². The van der Waals surface area contributed by atoms with Gasteiger partial charge in [-0.25, -0.2) is 0 Å². The maximum Gasteiger partial charge on any atom is 0.298 e. The number of carbonyl (C=O) groups is 3. The SMILES string of the molecule is O=C1CCC(N2C(=O)c3cccc4c(C5=CCN(c6nc7ccc(CS(=O)[O-])cc7o6)CC5)ccc2c34)C(=O)N1. The highest BCUT2D eigenvalue weighted by Gasteiger charge is 2.41. The lowest BCUT2D eigenvalue weighted by Crippen LogP contribution is -2.53. The zero-order valence-corrected chi connectivity index (χ0v) is 22.0. The summed E-state index contributed by atoms with van der Waals surface area (Å²) in [5.74, 6) is -1.06. The molecule has 40 heavy (non-hydrogen) atoms. The first-order valence-electron chi connectivity index (χ1n) is 13.0. The number of anilines is 2. The average Bonchev–Trinajstić information content (AvgIpc) is 3.49. The third-order valence-electron chi connectivity index (χ3n) is 7.80. The molecule has 7 rings (SSSR count).